The van der Waals surface area contributed by atoms with Crippen LogP contribution in [0.15, 0.2) is 0 Å². The van der Waals surface area contributed by atoms with Gasteiger partial charge in [-0.15, -0.1) is 0 Å². The summed E-state index contributed by atoms with van der Waals surface area (Å²) in [5.41, 5.74) is 0. The molecular weight excluding hydrogens is 200 g/mol. The van der Waals surface area contributed by atoms with Crippen molar-refractivity contribution in [2.75, 3.05) is 45.9 Å². The van der Waals surface area contributed by atoms with E-state index in [0.717, 1.165) is 18.8 Å². The van der Waals surface area contributed by atoms with E-state index in [-0.39, 0.29) is 0 Å². The Bertz CT molecular complexity index is 108. The van der Waals surface area contributed by atoms with Crippen LogP contribution in [-0.2, 0) is 14.2 Å². The minimum atomic E-state index is 0.567. The number of hydrogen-bond acceptors (Lipinski definition) is 4. The number of rotatable bonds is 10. The van der Waals surface area contributed by atoms with Gasteiger partial charge in [-0.05, 0) is 11.7 Å². The predicted octanol–water partition coefficient (Wildman–Crippen LogP) is 1.62. The highest BCUT2D eigenvalue weighted by Gasteiger charge is 2.02. The molecule has 1 unspecified atom stereocenters. The molecule has 0 aromatic heterocycles. The Kier molecular flexibility index (Phi) is 11.5. The van der Waals surface area contributed by atoms with Crippen LogP contribution in [0, 0.1) is 5.92 Å². The van der Waals surface area contributed by atoms with Gasteiger partial charge in [0.2, 0.25) is 0 Å². The summed E-state index contributed by atoms with van der Waals surface area (Å²) < 4.78 is 15.5. The van der Waals surface area contributed by atoms with E-state index in [1.807, 2.05) is 0 Å². The molecule has 0 saturated carbocycles. The fourth-order valence-corrected chi connectivity index (χ4v) is 1.28. The summed E-state index contributed by atoms with van der Waals surface area (Å²) in [5.74, 6) is 1.46. The standard InChI is InChI=1S/C10H22O3S/c1-3-10(9-14)8-13-7-6-12-5-4-11-2/h10,14H,3-9H2,1-2H3. The molecule has 0 aliphatic carbocycles. The molecule has 0 bridgehead atoms. The highest BCUT2D eigenvalue weighted by Crippen LogP contribution is 2.04. The van der Waals surface area contributed by atoms with E-state index in [1.165, 1.54) is 0 Å². The lowest BCUT2D eigenvalue weighted by atomic mass is 10.1. The Balaban J connectivity index is 3.04. The van der Waals surface area contributed by atoms with Gasteiger partial charge in [-0.3, -0.25) is 0 Å². The second-order valence-electron chi connectivity index (χ2n) is 3.14. The second-order valence-corrected chi connectivity index (χ2v) is 3.50. The normalized spacial score (nSPS) is 13.1. The Morgan fingerprint density at radius 1 is 1.07 bits per heavy atom. The fourth-order valence-electron chi connectivity index (χ4n) is 0.912. The van der Waals surface area contributed by atoms with E-state index in [4.69, 9.17) is 14.2 Å². The summed E-state index contributed by atoms with van der Waals surface area (Å²) in [6.45, 7) is 5.53. The molecule has 0 amide bonds. The third-order valence-electron chi connectivity index (χ3n) is 1.99. The molecule has 0 aliphatic rings. The van der Waals surface area contributed by atoms with Crippen LogP contribution in [0.25, 0.3) is 0 Å². The maximum Gasteiger partial charge on any atom is 0.0701 e. The van der Waals surface area contributed by atoms with Crippen molar-refractivity contribution in [1.29, 1.82) is 0 Å². The zero-order valence-corrected chi connectivity index (χ0v) is 10.1. The van der Waals surface area contributed by atoms with Crippen LogP contribution in [-0.4, -0.2) is 45.9 Å². The molecule has 0 radical (unpaired) electrons. The van der Waals surface area contributed by atoms with Crippen LogP contribution in [0.2, 0.25) is 0 Å². The monoisotopic (exact) mass is 222 g/mol. The quantitative estimate of drug-likeness (QED) is 0.450. The smallest absolute Gasteiger partial charge is 0.0701 e. The van der Waals surface area contributed by atoms with Gasteiger partial charge >= 0.3 is 0 Å². The first-order chi connectivity index (χ1) is 6.85. The van der Waals surface area contributed by atoms with Gasteiger partial charge in [0.15, 0.2) is 0 Å². The average molecular weight is 222 g/mol. The number of methoxy groups -OCH3 is 1. The van der Waals surface area contributed by atoms with E-state index in [2.05, 4.69) is 19.6 Å². The van der Waals surface area contributed by atoms with Gasteiger partial charge < -0.3 is 14.2 Å². The van der Waals surface area contributed by atoms with Gasteiger partial charge in [0.25, 0.3) is 0 Å². The van der Waals surface area contributed by atoms with Gasteiger partial charge in [0, 0.05) is 7.11 Å². The fraction of sp³-hybridized carbons (Fsp3) is 1.00. The number of ether oxygens (including phenoxy) is 3. The van der Waals surface area contributed by atoms with Crippen molar-refractivity contribution < 1.29 is 14.2 Å². The maximum atomic E-state index is 5.44. The molecule has 1 atom stereocenters. The molecule has 4 heteroatoms. The molecule has 0 fully saturated rings. The lowest BCUT2D eigenvalue weighted by molar-refractivity contribution is 0.0172. The first kappa shape index (κ1) is 14.2. The molecule has 0 N–H and O–H groups in total. The zero-order valence-electron chi connectivity index (χ0n) is 9.20. The van der Waals surface area contributed by atoms with E-state index in [1.54, 1.807) is 7.11 Å². The lowest BCUT2D eigenvalue weighted by Crippen LogP contribution is -2.14. The molecule has 0 heterocycles. The van der Waals surface area contributed by atoms with Crippen LogP contribution < -0.4 is 0 Å². The largest absolute Gasteiger partial charge is 0.382 e. The van der Waals surface area contributed by atoms with E-state index >= 15 is 0 Å². The summed E-state index contributed by atoms with van der Waals surface area (Å²) in [6, 6.07) is 0. The molecule has 0 saturated heterocycles. The zero-order chi connectivity index (χ0) is 10.6. The van der Waals surface area contributed by atoms with Crippen LogP contribution in [0.5, 0.6) is 0 Å². The molecule has 14 heavy (non-hydrogen) atoms. The van der Waals surface area contributed by atoms with Gasteiger partial charge in [-0.2, -0.15) is 12.6 Å². The van der Waals surface area contributed by atoms with Crippen LogP contribution >= 0.6 is 12.6 Å². The van der Waals surface area contributed by atoms with Crippen LogP contribution in [0.3, 0.4) is 0 Å². The van der Waals surface area contributed by atoms with Crippen molar-refractivity contribution in [3.05, 3.63) is 0 Å². The Morgan fingerprint density at radius 2 is 1.71 bits per heavy atom. The highest BCUT2D eigenvalue weighted by molar-refractivity contribution is 7.80. The van der Waals surface area contributed by atoms with Gasteiger partial charge in [-0.25, -0.2) is 0 Å². The molecular formula is C10H22O3S. The Labute approximate surface area is 92.5 Å². The summed E-state index contributed by atoms with van der Waals surface area (Å²) in [4.78, 5) is 0. The summed E-state index contributed by atoms with van der Waals surface area (Å²) >= 11 is 4.24. The van der Waals surface area contributed by atoms with E-state index in [0.29, 0.717) is 32.3 Å². The average Bonchev–Trinajstić information content (AvgIpc) is 2.22. The Morgan fingerprint density at radius 3 is 2.29 bits per heavy atom. The topological polar surface area (TPSA) is 27.7 Å². The third kappa shape index (κ3) is 8.81. The molecule has 0 rings (SSSR count). The first-order valence-corrected chi connectivity index (χ1v) is 5.73. The predicted molar refractivity (Wildman–Crippen MR) is 61.1 cm³/mol. The molecule has 0 aromatic rings. The van der Waals surface area contributed by atoms with Crippen molar-refractivity contribution in [3.63, 3.8) is 0 Å². The van der Waals surface area contributed by atoms with Crippen LogP contribution in [0.1, 0.15) is 13.3 Å². The van der Waals surface area contributed by atoms with Crippen molar-refractivity contribution in [2.45, 2.75) is 13.3 Å². The molecule has 3 nitrogen and oxygen atoms in total. The summed E-state index contributed by atoms with van der Waals surface area (Å²) in [7, 11) is 1.67. The van der Waals surface area contributed by atoms with Gasteiger partial charge in [0.05, 0.1) is 33.0 Å². The van der Waals surface area contributed by atoms with Crippen molar-refractivity contribution in [2.24, 2.45) is 5.92 Å². The summed E-state index contributed by atoms with van der Waals surface area (Å²) in [5, 5.41) is 0. The molecule has 0 aliphatic heterocycles. The Hall–Kier alpha value is 0.230. The third-order valence-corrected chi connectivity index (χ3v) is 2.51. The summed E-state index contributed by atoms with van der Waals surface area (Å²) in [6.07, 6.45) is 1.12. The van der Waals surface area contributed by atoms with Gasteiger partial charge in [0.1, 0.15) is 0 Å². The number of thiol groups is 1. The van der Waals surface area contributed by atoms with E-state index in [9.17, 15) is 0 Å². The number of hydrogen-bond donors (Lipinski definition) is 1. The molecule has 0 aromatic carbocycles. The van der Waals surface area contributed by atoms with Crippen molar-refractivity contribution in [3.8, 4) is 0 Å². The van der Waals surface area contributed by atoms with Crippen LogP contribution in [0.4, 0.5) is 0 Å². The molecule has 86 valence electrons. The molecule has 0 spiro atoms. The van der Waals surface area contributed by atoms with Crippen molar-refractivity contribution in [1.82, 2.24) is 0 Å². The second kappa shape index (κ2) is 11.3. The first-order valence-electron chi connectivity index (χ1n) is 5.10. The van der Waals surface area contributed by atoms with E-state index < -0.39 is 0 Å². The minimum absolute atomic E-state index is 0.567. The van der Waals surface area contributed by atoms with Gasteiger partial charge in [-0.1, -0.05) is 13.3 Å². The lowest BCUT2D eigenvalue weighted by Gasteiger charge is -2.12. The van der Waals surface area contributed by atoms with Crippen molar-refractivity contribution >= 4 is 12.6 Å². The maximum absolute atomic E-state index is 5.44. The SMILES string of the molecule is CCC(CS)COCCOCCOC. The highest BCUT2D eigenvalue weighted by atomic mass is 32.1. The minimum Gasteiger partial charge on any atom is -0.382 e.